The van der Waals surface area contributed by atoms with Gasteiger partial charge >= 0.3 is 0 Å². The quantitative estimate of drug-likeness (QED) is 0.722. The maximum atomic E-state index is 5.99. The number of hydrogen-bond donors (Lipinski definition) is 0. The molecule has 0 aliphatic rings. The number of methoxy groups -OCH3 is 1. The summed E-state index contributed by atoms with van der Waals surface area (Å²) in [6, 6.07) is 5.68. The zero-order valence-corrected chi connectivity index (χ0v) is 10.8. The fourth-order valence-corrected chi connectivity index (χ4v) is 2.22. The first kappa shape index (κ1) is 12.7. The van der Waals surface area contributed by atoms with Gasteiger partial charge in [0.25, 0.3) is 0 Å². The van der Waals surface area contributed by atoms with Gasteiger partial charge in [-0.25, -0.2) is 0 Å². The van der Waals surface area contributed by atoms with Gasteiger partial charge in [-0.2, -0.15) is 0 Å². The summed E-state index contributed by atoms with van der Waals surface area (Å²) in [5.41, 5.74) is 1.09. The largest absolute Gasteiger partial charge is 0.496 e. The molecule has 0 aliphatic carbocycles. The summed E-state index contributed by atoms with van der Waals surface area (Å²) in [7, 11) is 1.67. The average Bonchev–Trinajstić information content (AvgIpc) is 2.17. The fraction of sp³-hybridized carbons (Fsp3) is 0.500. The van der Waals surface area contributed by atoms with Gasteiger partial charge in [-0.1, -0.05) is 25.4 Å². The minimum absolute atomic E-state index is 0.0159. The highest BCUT2D eigenvalue weighted by atomic mass is 35.5. The molecule has 0 bridgehead atoms. The normalized spacial score (nSPS) is 11.5. The molecule has 0 atom stereocenters. The number of halogens is 2. The average molecular weight is 247 g/mol. The van der Waals surface area contributed by atoms with Crippen molar-refractivity contribution < 1.29 is 4.74 Å². The Morgan fingerprint density at radius 2 is 2.00 bits per heavy atom. The van der Waals surface area contributed by atoms with Gasteiger partial charge in [0, 0.05) is 16.5 Å². The van der Waals surface area contributed by atoms with Crippen molar-refractivity contribution >= 4 is 23.2 Å². The predicted molar refractivity (Wildman–Crippen MR) is 66.4 cm³/mol. The third kappa shape index (κ3) is 3.02. The summed E-state index contributed by atoms with van der Waals surface area (Å²) in [5, 5.41) is 0.730. The fourth-order valence-electron chi connectivity index (χ4n) is 1.58. The zero-order valence-electron chi connectivity index (χ0n) is 9.31. The molecule has 0 unspecified atom stereocenters. The summed E-state index contributed by atoms with van der Waals surface area (Å²) in [5.74, 6) is 1.50. The van der Waals surface area contributed by atoms with E-state index in [0.717, 1.165) is 22.8 Å². The lowest BCUT2D eigenvalue weighted by atomic mass is 9.81. The molecule has 0 saturated heterocycles. The Kier molecular flexibility index (Phi) is 4.30. The molecule has 15 heavy (non-hydrogen) atoms. The van der Waals surface area contributed by atoms with Gasteiger partial charge in [-0.15, -0.1) is 11.6 Å². The molecule has 3 heteroatoms. The third-order valence-corrected chi connectivity index (χ3v) is 3.03. The van der Waals surface area contributed by atoms with Gasteiger partial charge in [0.15, 0.2) is 0 Å². The molecule has 1 rings (SSSR count). The summed E-state index contributed by atoms with van der Waals surface area (Å²) in [6.07, 6.45) is 0.894. The maximum Gasteiger partial charge on any atom is 0.122 e. The number of alkyl halides is 1. The van der Waals surface area contributed by atoms with Gasteiger partial charge in [0.05, 0.1) is 7.11 Å². The first-order valence-corrected chi connectivity index (χ1v) is 5.82. The van der Waals surface area contributed by atoms with Crippen molar-refractivity contribution in [3.05, 3.63) is 28.8 Å². The van der Waals surface area contributed by atoms with Gasteiger partial charge < -0.3 is 4.74 Å². The Balaban J connectivity index is 3.15. The van der Waals surface area contributed by atoms with Gasteiger partial charge in [-0.05, 0) is 30.0 Å². The van der Waals surface area contributed by atoms with E-state index in [9.17, 15) is 0 Å². The topological polar surface area (TPSA) is 9.23 Å². The second kappa shape index (κ2) is 5.09. The van der Waals surface area contributed by atoms with Crippen molar-refractivity contribution in [2.24, 2.45) is 0 Å². The van der Waals surface area contributed by atoms with Gasteiger partial charge in [0.2, 0.25) is 0 Å². The molecule has 0 aromatic heterocycles. The highest BCUT2D eigenvalue weighted by Crippen LogP contribution is 2.36. The number of rotatable bonds is 4. The number of ether oxygens (including phenoxy) is 1. The van der Waals surface area contributed by atoms with E-state index in [1.807, 2.05) is 18.2 Å². The van der Waals surface area contributed by atoms with E-state index in [4.69, 9.17) is 27.9 Å². The van der Waals surface area contributed by atoms with Crippen LogP contribution in [0.4, 0.5) is 0 Å². The van der Waals surface area contributed by atoms with E-state index in [2.05, 4.69) is 13.8 Å². The molecule has 0 fully saturated rings. The minimum Gasteiger partial charge on any atom is -0.496 e. The molecule has 0 spiro atoms. The van der Waals surface area contributed by atoms with Crippen LogP contribution in [0.1, 0.15) is 25.8 Å². The Labute approximate surface area is 101 Å². The molecule has 0 saturated carbocycles. The molecule has 0 heterocycles. The van der Waals surface area contributed by atoms with Crippen LogP contribution >= 0.6 is 23.2 Å². The summed E-state index contributed by atoms with van der Waals surface area (Å²) >= 11 is 11.8. The van der Waals surface area contributed by atoms with Crippen molar-refractivity contribution in [3.8, 4) is 5.75 Å². The lowest BCUT2D eigenvalue weighted by Crippen LogP contribution is -2.18. The van der Waals surface area contributed by atoms with Crippen LogP contribution in [-0.4, -0.2) is 13.0 Å². The van der Waals surface area contributed by atoms with Crippen LogP contribution in [-0.2, 0) is 5.41 Å². The molecule has 0 N–H and O–H groups in total. The van der Waals surface area contributed by atoms with E-state index < -0.39 is 0 Å². The maximum absolute atomic E-state index is 5.99. The first-order valence-electron chi connectivity index (χ1n) is 4.91. The summed E-state index contributed by atoms with van der Waals surface area (Å²) in [4.78, 5) is 0. The highest BCUT2D eigenvalue weighted by Gasteiger charge is 2.23. The van der Waals surface area contributed by atoms with Crippen molar-refractivity contribution in [1.82, 2.24) is 0 Å². The van der Waals surface area contributed by atoms with Crippen LogP contribution in [0.2, 0.25) is 5.02 Å². The molecule has 84 valence electrons. The molecule has 1 aromatic carbocycles. The van der Waals surface area contributed by atoms with E-state index in [1.54, 1.807) is 7.11 Å². The van der Waals surface area contributed by atoms with Crippen molar-refractivity contribution in [3.63, 3.8) is 0 Å². The number of benzene rings is 1. The zero-order chi connectivity index (χ0) is 11.5. The second-order valence-electron chi connectivity index (χ2n) is 4.17. The van der Waals surface area contributed by atoms with E-state index in [0.29, 0.717) is 5.88 Å². The van der Waals surface area contributed by atoms with Crippen LogP contribution in [0.15, 0.2) is 18.2 Å². The summed E-state index contributed by atoms with van der Waals surface area (Å²) < 4.78 is 5.33. The molecule has 0 radical (unpaired) electrons. The minimum atomic E-state index is -0.0159. The van der Waals surface area contributed by atoms with Crippen molar-refractivity contribution in [1.29, 1.82) is 0 Å². The number of hydrogen-bond acceptors (Lipinski definition) is 1. The lowest BCUT2D eigenvalue weighted by Gasteiger charge is -2.26. The van der Waals surface area contributed by atoms with Crippen LogP contribution in [0.5, 0.6) is 5.75 Å². The second-order valence-corrected chi connectivity index (χ2v) is 4.98. The standard InChI is InChI=1S/C12H16Cl2O/c1-12(2,6-7-13)10-8-9(14)4-5-11(10)15-3/h4-5,8H,6-7H2,1-3H3. The van der Waals surface area contributed by atoms with E-state index in [1.165, 1.54) is 0 Å². The lowest BCUT2D eigenvalue weighted by molar-refractivity contribution is 0.390. The smallest absolute Gasteiger partial charge is 0.122 e. The Bertz CT molecular complexity index is 334. The predicted octanol–water partition coefficient (Wildman–Crippen LogP) is 4.26. The van der Waals surface area contributed by atoms with Crippen molar-refractivity contribution in [2.75, 3.05) is 13.0 Å². The van der Waals surface area contributed by atoms with Gasteiger partial charge in [-0.3, -0.25) is 0 Å². The Morgan fingerprint density at radius 1 is 1.33 bits per heavy atom. The van der Waals surface area contributed by atoms with Crippen LogP contribution < -0.4 is 4.74 Å². The summed E-state index contributed by atoms with van der Waals surface area (Å²) in [6.45, 7) is 4.28. The van der Waals surface area contributed by atoms with E-state index in [-0.39, 0.29) is 5.41 Å². The van der Waals surface area contributed by atoms with E-state index >= 15 is 0 Å². The SMILES string of the molecule is COc1ccc(Cl)cc1C(C)(C)CCCl. The van der Waals surface area contributed by atoms with Crippen LogP contribution in [0.25, 0.3) is 0 Å². The highest BCUT2D eigenvalue weighted by molar-refractivity contribution is 6.30. The van der Waals surface area contributed by atoms with Crippen molar-refractivity contribution in [2.45, 2.75) is 25.7 Å². The first-order chi connectivity index (χ1) is 7.01. The molecular weight excluding hydrogens is 231 g/mol. The van der Waals surface area contributed by atoms with Crippen LogP contribution in [0.3, 0.4) is 0 Å². The molecule has 1 aromatic rings. The molecule has 1 nitrogen and oxygen atoms in total. The monoisotopic (exact) mass is 246 g/mol. The Morgan fingerprint density at radius 3 is 2.53 bits per heavy atom. The third-order valence-electron chi connectivity index (χ3n) is 2.61. The van der Waals surface area contributed by atoms with Gasteiger partial charge in [0.1, 0.15) is 5.75 Å². The Hall–Kier alpha value is -0.400. The molecule has 0 amide bonds. The molecule has 0 aliphatic heterocycles. The molecular formula is C12H16Cl2O. The van der Waals surface area contributed by atoms with Crippen LogP contribution in [0, 0.1) is 0 Å².